The van der Waals surface area contributed by atoms with Crippen LogP contribution in [-0.4, -0.2) is 49.3 Å². The van der Waals surface area contributed by atoms with Gasteiger partial charge in [-0.3, -0.25) is 9.59 Å². The molecule has 2 N–H and O–H groups in total. The highest BCUT2D eigenvalue weighted by molar-refractivity contribution is 6.00. The first-order chi connectivity index (χ1) is 21.4. The molecule has 1 aliphatic carbocycles. The van der Waals surface area contributed by atoms with Crippen molar-refractivity contribution in [3.05, 3.63) is 89.0 Å². The number of amides is 1. The largest absolute Gasteiger partial charge is 0.494 e. The monoisotopic (exact) mass is 603 g/mol. The zero-order valence-electron chi connectivity index (χ0n) is 25.4. The van der Waals surface area contributed by atoms with Crippen molar-refractivity contribution in [2.45, 2.75) is 64.5 Å². The molecule has 1 aliphatic rings. The van der Waals surface area contributed by atoms with E-state index in [4.69, 9.17) is 18.9 Å². The number of rotatable bonds is 15. The van der Waals surface area contributed by atoms with Crippen LogP contribution in [-0.2, 0) is 22.6 Å². The van der Waals surface area contributed by atoms with E-state index in [1.807, 2.05) is 48.5 Å². The molecule has 0 saturated heterocycles. The zero-order chi connectivity index (χ0) is 31.3. The van der Waals surface area contributed by atoms with E-state index in [9.17, 15) is 19.5 Å². The van der Waals surface area contributed by atoms with Crippen molar-refractivity contribution >= 4 is 17.8 Å². The van der Waals surface area contributed by atoms with E-state index in [-0.39, 0.29) is 29.1 Å². The Bertz CT molecular complexity index is 1390. The summed E-state index contributed by atoms with van der Waals surface area (Å²) >= 11 is 0. The number of carboxylic acid groups (broad SMARTS) is 1. The minimum absolute atomic E-state index is 0.00102. The van der Waals surface area contributed by atoms with Crippen LogP contribution >= 0.6 is 0 Å². The standard InChI is InChI=1S/C35H41NO8/c1-3-19-42-29-16-11-25(12-17-29)23-44-30-14-9-24(10-15-30)6-5-20-43-32-18-13-26(34(38)39)22-31(32)33(37)36-28-8-4-7-27(21-28)35(40)41-2/h9-18,22,27-28H,3-8,19-21,23H2,1-2H3,(H,36,37)(H,38,39). The molecule has 9 nitrogen and oxygen atoms in total. The fraction of sp³-hybridized carbons (Fsp3) is 0.400. The zero-order valence-corrected chi connectivity index (χ0v) is 25.4. The molecule has 3 aromatic carbocycles. The third kappa shape index (κ3) is 9.49. The Morgan fingerprint density at radius 1 is 0.864 bits per heavy atom. The summed E-state index contributed by atoms with van der Waals surface area (Å²) in [6.45, 7) is 3.59. The van der Waals surface area contributed by atoms with Gasteiger partial charge in [-0.25, -0.2) is 4.79 Å². The molecule has 2 atom stereocenters. The van der Waals surface area contributed by atoms with Gasteiger partial charge in [-0.2, -0.15) is 0 Å². The number of ether oxygens (including phenoxy) is 4. The van der Waals surface area contributed by atoms with Gasteiger partial charge in [0.25, 0.3) is 5.91 Å². The van der Waals surface area contributed by atoms with Gasteiger partial charge in [0.1, 0.15) is 23.9 Å². The van der Waals surface area contributed by atoms with Gasteiger partial charge < -0.3 is 29.4 Å². The summed E-state index contributed by atoms with van der Waals surface area (Å²) in [6.07, 6.45) is 5.15. The van der Waals surface area contributed by atoms with Gasteiger partial charge in [0, 0.05) is 6.04 Å². The maximum atomic E-state index is 13.2. The molecular weight excluding hydrogens is 562 g/mol. The number of hydrogen-bond donors (Lipinski definition) is 2. The molecule has 0 heterocycles. The van der Waals surface area contributed by atoms with Gasteiger partial charge in [-0.05, 0) is 92.1 Å². The van der Waals surface area contributed by atoms with Crippen molar-refractivity contribution in [3.63, 3.8) is 0 Å². The third-order valence-corrected chi connectivity index (χ3v) is 7.61. The number of aromatic carboxylic acids is 1. The van der Waals surface area contributed by atoms with Crippen LogP contribution in [0.3, 0.4) is 0 Å². The summed E-state index contributed by atoms with van der Waals surface area (Å²) in [7, 11) is 1.36. The second-order valence-corrected chi connectivity index (χ2v) is 11.0. The third-order valence-electron chi connectivity index (χ3n) is 7.61. The normalized spacial score (nSPS) is 16.0. The lowest BCUT2D eigenvalue weighted by atomic mass is 9.85. The van der Waals surface area contributed by atoms with Crippen LogP contribution in [0.15, 0.2) is 66.7 Å². The van der Waals surface area contributed by atoms with Gasteiger partial charge in [0.15, 0.2) is 0 Å². The molecule has 1 saturated carbocycles. The SMILES string of the molecule is CCCOc1ccc(COc2ccc(CCCOc3ccc(C(=O)O)cc3C(=O)NC3CCCC(C(=O)OC)C3)cc2)cc1. The lowest BCUT2D eigenvalue weighted by Crippen LogP contribution is -2.40. The molecule has 9 heteroatoms. The Balaban J connectivity index is 1.27. The van der Waals surface area contributed by atoms with Crippen LogP contribution < -0.4 is 19.5 Å². The molecule has 1 fully saturated rings. The molecule has 2 unspecified atom stereocenters. The quantitative estimate of drug-likeness (QED) is 0.155. The van der Waals surface area contributed by atoms with Crippen molar-refractivity contribution in [3.8, 4) is 17.2 Å². The number of carbonyl (C=O) groups is 3. The number of aryl methyl sites for hydroxylation is 1. The Labute approximate surface area is 258 Å². The maximum Gasteiger partial charge on any atom is 0.335 e. The maximum absolute atomic E-state index is 13.2. The Morgan fingerprint density at radius 2 is 1.57 bits per heavy atom. The van der Waals surface area contributed by atoms with E-state index in [2.05, 4.69) is 12.2 Å². The van der Waals surface area contributed by atoms with Gasteiger partial charge >= 0.3 is 11.9 Å². The van der Waals surface area contributed by atoms with Crippen LogP contribution in [0, 0.1) is 5.92 Å². The number of esters is 1. The average Bonchev–Trinajstić information content (AvgIpc) is 3.05. The molecule has 0 radical (unpaired) electrons. The summed E-state index contributed by atoms with van der Waals surface area (Å²) in [5.41, 5.74) is 2.34. The van der Waals surface area contributed by atoms with Crippen molar-refractivity contribution < 1.29 is 38.4 Å². The van der Waals surface area contributed by atoms with Crippen LogP contribution in [0.2, 0.25) is 0 Å². The molecular formula is C35H41NO8. The van der Waals surface area contributed by atoms with E-state index >= 15 is 0 Å². The number of carboxylic acids is 1. The molecule has 0 bridgehead atoms. The Kier molecular flexibility index (Phi) is 12.0. The van der Waals surface area contributed by atoms with Crippen molar-refractivity contribution in [2.24, 2.45) is 5.92 Å². The fourth-order valence-electron chi connectivity index (χ4n) is 5.21. The second-order valence-electron chi connectivity index (χ2n) is 11.0. The predicted octanol–water partition coefficient (Wildman–Crippen LogP) is 6.23. The lowest BCUT2D eigenvalue weighted by molar-refractivity contribution is -0.146. The second kappa shape index (κ2) is 16.4. The molecule has 0 aromatic heterocycles. The summed E-state index contributed by atoms with van der Waals surface area (Å²) in [5.74, 6) is -0.129. The molecule has 234 valence electrons. The topological polar surface area (TPSA) is 120 Å². The minimum atomic E-state index is -1.13. The lowest BCUT2D eigenvalue weighted by Gasteiger charge is -2.28. The van der Waals surface area contributed by atoms with Crippen molar-refractivity contribution in [2.75, 3.05) is 20.3 Å². The molecule has 0 aliphatic heterocycles. The van der Waals surface area contributed by atoms with Crippen molar-refractivity contribution in [1.82, 2.24) is 5.32 Å². The Hall–Kier alpha value is -4.53. The average molecular weight is 604 g/mol. The molecule has 1 amide bonds. The molecule has 4 rings (SSSR count). The van der Waals surface area contributed by atoms with Gasteiger partial charge in [0.2, 0.25) is 0 Å². The van der Waals surface area contributed by atoms with Gasteiger partial charge in [-0.15, -0.1) is 0 Å². The summed E-state index contributed by atoms with van der Waals surface area (Å²) in [5, 5.41) is 12.4. The highest BCUT2D eigenvalue weighted by Crippen LogP contribution is 2.27. The van der Waals surface area contributed by atoms with Crippen LogP contribution in [0.25, 0.3) is 0 Å². The number of carbonyl (C=O) groups excluding carboxylic acids is 2. The number of benzene rings is 3. The Morgan fingerprint density at radius 3 is 2.25 bits per heavy atom. The first-order valence-corrected chi connectivity index (χ1v) is 15.2. The fourth-order valence-corrected chi connectivity index (χ4v) is 5.21. The smallest absolute Gasteiger partial charge is 0.335 e. The predicted molar refractivity (Wildman–Crippen MR) is 165 cm³/mol. The summed E-state index contributed by atoms with van der Waals surface area (Å²) in [6, 6.07) is 19.9. The van der Waals surface area contributed by atoms with Crippen LogP contribution in [0.1, 0.15) is 77.3 Å². The van der Waals surface area contributed by atoms with Crippen LogP contribution in [0.5, 0.6) is 17.2 Å². The first-order valence-electron chi connectivity index (χ1n) is 15.2. The van der Waals surface area contributed by atoms with Crippen LogP contribution in [0.4, 0.5) is 0 Å². The molecule has 44 heavy (non-hydrogen) atoms. The highest BCUT2D eigenvalue weighted by atomic mass is 16.5. The summed E-state index contributed by atoms with van der Waals surface area (Å²) in [4.78, 5) is 36.8. The van der Waals surface area contributed by atoms with Gasteiger partial charge in [0.05, 0.1) is 37.4 Å². The highest BCUT2D eigenvalue weighted by Gasteiger charge is 2.29. The van der Waals surface area contributed by atoms with E-state index in [1.54, 1.807) is 0 Å². The number of nitrogens with one attached hydrogen (secondary N) is 1. The van der Waals surface area contributed by atoms with E-state index in [0.717, 1.165) is 54.7 Å². The summed E-state index contributed by atoms with van der Waals surface area (Å²) < 4.78 is 22.4. The number of methoxy groups -OCH3 is 1. The van der Waals surface area contributed by atoms with Gasteiger partial charge in [-0.1, -0.05) is 37.6 Å². The molecule has 0 spiro atoms. The van der Waals surface area contributed by atoms with Crippen molar-refractivity contribution in [1.29, 1.82) is 0 Å². The van der Waals surface area contributed by atoms with E-state index < -0.39 is 11.9 Å². The molecule has 3 aromatic rings. The first kappa shape index (κ1) is 32.4. The minimum Gasteiger partial charge on any atom is -0.494 e. The van der Waals surface area contributed by atoms with E-state index in [0.29, 0.717) is 38.4 Å². The number of hydrogen-bond acceptors (Lipinski definition) is 7. The van der Waals surface area contributed by atoms with E-state index in [1.165, 1.54) is 25.3 Å².